The van der Waals surface area contributed by atoms with Crippen molar-refractivity contribution in [3.05, 3.63) is 29.3 Å². The van der Waals surface area contributed by atoms with Crippen molar-refractivity contribution in [3.63, 3.8) is 0 Å². The summed E-state index contributed by atoms with van der Waals surface area (Å²) in [6, 6.07) is 6.49. The van der Waals surface area contributed by atoms with Gasteiger partial charge in [-0.15, -0.1) is 0 Å². The maximum absolute atomic E-state index is 12.8. The summed E-state index contributed by atoms with van der Waals surface area (Å²) in [4.78, 5) is 17.3. The zero-order chi connectivity index (χ0) is 14.3. The molecule has 108 valence electrons. The van der Waals surface area contributed by atoms with Crippen LogP contribution in [0.3, 0.4) is 0 Å². The smallest absolute Gasteiger partial charge is 0.256 e. The molecule has 1 aromatic carbocycles. The molecule has 0 radical (unpaired) electrons. The van der Waals surface area contributed by atoms with E-state index in [1.807, 2.05) is 30.0 Å². The van der Waals surface area contributed by atoms with Crippen LogP contribution in [-0.4, -0.2) is 47.4 Å². The summed E-state index contributed by atoms with van der Waals surface area (Å²) in [5.41, 5.74) is 8.31. The Morgan fingerprint density at radius 1 is 1.35 bits per heavy atom. The maximum Gasteiger partial charge on any atom is 0.256 e. The summed E-state index contributed by atoms with van der Waals surface area (Å²) in [6.45, 7) is 7.14. The van der Waals surface area contributed by atoms with Crippen LogP contribution >= 0.6 is 0 Å². The van der Waals surface area contributed by atoms with Crippen molar-refractivity contribution in [1.29, 1.82) is 0 Å². The zero-order valence-electron chi connectivity index (χ0n) is 12.3. The normalized spacial score (nSPS) is 26.6. The standard InChI is InChI=1S/C16H23N3O/c1-11-5-6-15(17)14(8-11)16(20)19-10-13-4-3-7-18(13)9-12(19)2/h5-6,8,12-13H,3-4,7,9-10,17H2,1-2H3. The summed E-state index contributed by atoms with van der Waals surface area (Å²) in [7, 11) is 0. The highest BCUT2D eigenvalue weighted by molar-refractivity contribution is 5.99. The summed E-state index contributed by atoms with van der Waals surface area (Å²) in [5.74, 6) is 0.0882. The Balaban J connectivity index is 1.84. The van der Waals surface area contributed by atoms with Crippen molar-refractivity contribution in [2.45, 2.75) is 38.8 Å². The molecule has 0 spiro atoms. The predicted molar refractivity (Wildman–Crippen MR) is 80.7 cm³/mol. The van der Waals surface area contributed by atoms with E-state index in [0.717, 1.165) is 18.7 Å². The van der Waals surface area contributed by atoms with Gasteiger partial charge < -0.3 is 10.6 Å². The number of aryl methyl sites for hydroxylation is 1. The Bertz CT molecular complexity index is 528. The van der Waals surface area contributed by atoms with Crippen LogP contribution in [0.2, 0.25) is 0 Å². The number of carbonyl (C=O) groups excluding carboxylic acids is 1. The SMILES string of the molecule is Cc1ccc(N)c(C(=O)N2CC3CCCN3CC2C)c1. The molecule has 3 rings (SSSR count). The lowest BCUT2D eigenvalue weighted by Gasteiger charge is -2.42. The average molecular weight is 273 g/mol. The fourth-order valence-corrected chi connectivity index (χ4v) is 3.48. The summed E-state index contributed by atoms with van der Waals surface area (Å²) >= 11 is 0. The van der Waals surface area contributed by atoms with Crippen LogP contribution in [0.1, 0.15) is 35.7 Å². The number of hydrogen-bond donors (Lipinski definition) is 1. The molecule has 0 aromatic heterocycles. The third-order valence-electron chi connectivity index (χ3n) is 4.64. The summed E-state index contributed by atoms with van der Waals surface area (Å²) < 4.78 is 0. The van der Waals surface area contributed by atoms with E-state index in [1.54, 1.807) is 0 Å². The number of nitrogens with two attached hydrogens (primary N) is 1. The monoisotopic (exact) mass is 273 g/mol. The summed E-state index contributed by atoms with van der Waals surface area (Å²) in [5, 5.41) is 0. The minimum atomic E-state index is 0.0882. The molecule has 0 aliphatic carbocycles. The first-order chi connectivity index (χ1) is 9.56. The van der Waals surface area contributed by atoms with Gasteiger partial charge in [-0.3, -0.25) is 9.69 Å². The molecule has 2 aliphatic heterocycles. The number of amides is 1. The number of nitrogens with zero attached hydrogens (tertiary/aromatic N) is 2. The lowest BCUT2D eigenvalue weighted by atomic mass is 10.0. The highest BCUT2D eigenvalue weighted by atomic mass is 16.2. The molecule has 2 unspecified atom stereocenters. The molecular formula is C16H23N3O. The topological polar surface area (TPSA) is 49.6 Å². The van der Waals surface area contributed by atoms with Crippen LogP contribution in [0.4, 0.5) is 5.69 Å². The minimum absolute atomic E-state index is 0.0882. The van der Waals surface area contributed by atoms with Crippen molar-refractivity contribution < 1.29 is 4.79 Å². The fraction of sp³-hybridized carbons (Fsp3) is 0.562. The van der Waals surface area contributed by atoms with Gasteiger partial charge in [-0.25, -0.2) is 0 Å². The number of fused-ring (bicyclic) bond motifs is 1. The van der Waals surface area contributed by atoms with Gasteiger partial charge in [0.05, 0.1) is 5.56 Å². The summed E-state index contributed by atoms with van der Waals surface area (Å²) in [6.07, 6.45) is 2.46. The van der Waals surface area contributed by atoms with E-state index < -0.39 is 0 Å². The van der Waals surface area contributed by atoms with Gasteiger partial charge in [-0.1, -0.05) is 11.6 Å². The lowest BCUT2D eigenvalue weighted by Crippen LogP contribution is -2.56. The van der Waals surface area contributed by atoms with Gasteiger partial charge in [-0.2, -0.15) is 0 Å². The second-order valence-electron chi connectivity index (χ2n) is 6.19. The molecule has 0 bridgehead atoms. The van der Waals surface area contributed by atoms with Crippen molar-refractivity contribution >= 4 is 11.6 Å². The van der Waals surface area contributed by atoms with Crippen LogP contribution in [0, 0.1) is 6.92 Å². The minimum Gasteiger partial charge on any atom is -0.398 e. The Labute approximate surface area is 120 Å². The van der Waals surface area contributed by atoms with Crippen LogP contribution < -0.4 is 5.73 Å². The first-order valence-corrected chi connectivity index (χ1v) is 7.47. The van der Waals surface area contributed by atoms with Gasteiger partial charge in [0, 0.05) is 30.9 Å². The largest absolute Gasteiger partial charge is 0.398 e. The predicted octanol–water partition coefficient (Wildman–Crippen LogP) is 1.89. The van der Waals surface area contributed by atoms with Gasteiger partial charge >= 0.3 is 0 Å². The van der Waals surface area contributed by atoms with Crippen molar-refractivity contribution in [2.75, 3.05) is 25.4 Å². The molecule has 2 aliphatic rings. The number of piperazine rings is 1. The third-order valence-corrected chi connectivity index (χ3v) is 4.64. The highest BCUT2D eigenvalue weighted by Gasteiger charge is 2.37. The second-order valence-corrected chi connectivity index (χ2v) is 6.19. The number of nitrogen functional groups attached to an aromatic ring is 1. The molecule has 0 saturated carbocycles. The molecule has 1 aromatic rings. The molecule has 2 atom stereocenters. The average Bonchev–Trinajstić information content (AvgIpc) is 2.87. The third kappa shape index (κ3) is 2.29. The quantitative estimate of drug-likeness (QED) is 0.795. The fourth-order valence-electron chi connectivity index (χ4n) is 3.48. The van der Waals surface area contributed by atoms with E-state index in [-0.39, 0.29) is 11.9 Å². The molecule has 2 fully saturated rings. The van der Waals surface area contributed by atoms with Crippen LogP contribution in [0.15, 0.2) is 18.2 Å². The Morgan fingerprint density at radius 3 is 2.95 bits per heavy atom. The van der Waals surface area contributed by atoms with Gasteiger partial charge in [0.1, 0.15) is 0 Å². The first kappa shape index (κ1) is 13.4. The zero-order valence-corrected chi connectivity index (χ0v) is 12.3. The van der Waals surface area contributed by atoms with Gasteiger partial charge in [0.25, 0.3) is 5.91 Å². The molecule has 2 saturated heterocycles. The van der Waals surface area contributed by atoms with E-state index in [0.29, 0.717) is 17.3 Å². The number of rotatable bonds is 1. The van der Waals surface area contributed by atoms with E-state index in [9.17, 15) is 4.79 Å². The van der Waals surface area contributed by atoms with Crippen molar-refractivity contribution in [1.82, 2.24) is 9.80 Å². The van der Waals surface area contributed by atoms with Gasteiger partial charge in [0.2, 0.25) is 0 Å². The highest BCUT2D eigenvalue weighted by Crippen LogP contribution is 2.27. The number of anilines is 1. The first-order valence-electron chi connectivity index (χ1n) is 7.47. The molecule has 4 heteroatoms. The van der Waals surface area contributed by atoms with E-state index >= 15 is 0 Å². The Hall–Kier alpha value is -1.55. The van der Waals surface area contributed by atoms with Crippen LogP contribution in [-0.2, 0) is 0 Å². The lowest BCUT2D eigenvalue weighted by molar-refractivity contribution is 0.0396. The van der Waals surface area contributed by atoms with Crippen LogP contribution in [0.5, 0.6) is 0 Å². The molecule has 20 heavy (non-hydrogen) atoms. The van der Waals surface area contributed by atoms with Crippen molar-refractivity contribution in [2.24, 2.45) is 0 Å². The number of carbonyl (C=O) groups is 1. The maximum atomic E-state index is 12.8. The van der Waals surface area contributed by atoms with Gasteiger partial charge in [-0.05, 0) is 45.4 Å². The van der Waals surface area contributed by atoms with Crippen LogP contribution in [0.25, 0.3) is 0 Å². The molecular weight excluding hydrogens is 250 g/mol. The second kappa shape index (κ2) is 5.09. The molecule has 2 heterocycles. The van der Waals surface area contributed by atoms with E-state index in [4.69, 9.17) is 5.73 Å². The van der Waals surface area contributed by atoms with E-state index in [1.165, 1.54) is 19.4 Å². The molecule has 4 nitrogen and oxygen atoms in total. The Kier molecular flexibility index (Phi) is 3.42. The molecule has 2 N–H and O–H groups in total. The Morgan fingerprint density at radius 2 is 2.15 bits per heavy atom. The van der Waals surface area contributed by atoms with Gasteiger partial charge in [0.15, 0.2) is 0 Å². The molecule has 1 amide bonds. The van der Waals surface area contributed by atoms with Crippen molar-refractivity contribution in [3.8, 4) is 0 Å². The number of hydrogen-bond acceptors (Lipinski definition) is 3. The van der Waals surface area contributed by atoms with E-state index in [2.05, 4.69) is 11.8 Å². The number of benzene rings is 1.